The van der Waals surface area contributed by atoms with Gasteiger partial charge in [-0.05, 0) is 71.6 Å². The molecule has 1 aliphatic heterocycles. The maximum Gasteiger partial charge on any atom is 0.492 e. The van der Waals surface area contributed by atoms with E-state index in [1.54, 1.807) is 26.8 Å². The summed E-state index contributed by atoms with van der Waals surface area (Å²) in [7, 11) is 0.654. The van der Waals surface area contributed by atoms with Gasteiger partial charge in [-0.25, -0.2) is 4.79 Å². The Morgan fingerprint density at radius 2 is 1.74 bits per heavy atom. The van der Waals surface area contributed by atoms with Gasteiger partial charge in [-0.1, -0.05) is 6.08 Å². The number of carbonyl (C=O) groups is 2. The van der Waals surface area contributed by atoms with Crippen LogP contribution in [0.4, 0.5) is 4.79 Å². The van der Waals surface area contributed by atoms with E-state index in [2.05, 4.69) is 5.32 Å². The summed E-state index contributed by atoms with van der Waals surface area (Å²) in [4.78, 5) is 23.8. The van der Waals surface area contributed by atoms with Crippen molar-refractivity contribution in [3.63, 3.8) is 0 Å². The molecular weight excluding hydrogens is 401 g/mol. The zero-order chi connectivity index (χ0) is 23.6. The fourth-order valence-corrected chi connectivity index (χ4v) is 2.88. The van der Waals surface area contributed by atoms with Crippen molar-refractivity contribution in [1.29, 1.82) is 0 Å². The molecule has 0 aliphatic carbocycles. The quantitative estimate of drug-likeness (QED) is 0.520. The Hall–Kier alpha value is -2.52. The van der Waals surface area contributed by atoms with Crippen molar-refractivity contribution in [1.82, 2.24) is 5.32 Å². The van der Waals surface area contributed by atoms with Gasteiger partial charge in [-0.3, -0.25) is 4.79 Å². The minimum atomic E-state index is -0.765. The first-order chi connectivity index (χ1) is 14.2. The van der Waals surface area contributed by atoms with Crippen molar-refractivity contribution in [3.05, 3.63) is 28.7 Å². The van der Waals surface area contributed by atoms with Crippen LogP contribution in [-0.4, -0.2) is 55.1 Å². The lowest BCUT2D eigenvalue weighted by Crippen LogP contribution is -2.41. The molecule has 0 saturated carbocycles. The Labute approximate surface area is 184 Å². The average Bonchev–Trinajstić information content (AvgIpc) is 2.85. The molecule has 0 radical (unpaired) electrons. The van der Waals surface area contributed by atoms with Crippen LogP contribution in [0.3, 0.4) is 0 Å². The number of hydrogen-bond donors (Lipinski definition) is 2. The molecule has 2 rings (SSSR count). The number of phenols is 1. The molecule has 1 aromatic carbocycles. The maximum absolute atomic E-state index is 12.2. The van der Waals surface area contributed by atoms with Gasteiger partial charge in [0.25, 0.3) is 0 Å². The fourth-order valence-electron chi connectivity index (χ4n) is 2.88. The summed E-state index contributed by atoms with van der Waals surface area (Å²) in [6.45, 7) is 13.1. The van der Waals surface area contributed by atoms with E-state index in [0.717, 1.165) is 0 Å². The van der Waals surface area contributed by atoms with E-state index in [9.17, 15) is 14.7 Å². The molecule has 170 valence electrons. The number of benzene rings is 1. The SMILES string of the molecule is COc1cc(C=C(CNC(=O)OC(C)(C)C)B2OC(C)(C)C(C)(C)O2)c(C=O)cc1O. The molecule has 9 heteroatoms. The molecule has 1 fully saturated rings. The molecule has 1 aliphatic rings. The maximum atomic E-state index is 12.2. The smallest absolute Gasteiger partial charge is 0.492 e. The van der Waals surface area contributed by atoms with Crippen LogP contribution >= 0.6 is 0 Å². The van der Waals surface area contributed by atoms with Crippen LogP contribution in [-0.2, 0) is 14.0 Å². The third-order valence-electron chi connectivity index (χ3n) is 5.24. The molecule has 0 aromatic heterocycles. The molecule has 0 atom stereocenters. The first-order valence-corrected chi connectivity index (χ1v) is 10.1. The number of phenolic OH excluding ortho intramolecular Hbond substituents is 1. The van der Waals surface area contributed by atoms with Crippen LogP contribution < -0.4 is 10.1 Å². The van der Waals surface area contributed by atoms with Gasteiger partial charge in [0, 0.05) is 12.1 Å². The number of nitrogens with one attached hydrogen (secondary N) is 1. The van der Waals surface area contributed by atoms with E-state index in [4.69, 9.17) is 18.8 Å². The molecule has 0 spiro atoms. The minimum absolute atomic E-state index is 0.0627. The predicted octanol–water partition coefficient (Wildman–Crippen LogP) is 3.75. The van der Waals surface area contributed by atoms with Gasteiger partial charge in [0.1, 0.15) is 5.60 Å². The molecule has 1 saturated heterocycles. The summed E-state index contributed by atoms with van der Waals surface area (Å²) in [6.07, 6.45) is 1.73. The standard InChI is InChI=1S/C22H32BNO7/c1-20(2,3)29-19(27)24-12-16(23-30-21(4,5)22(6,7)31-23)9-14-11-18(28-8)17(26)10-15(14)13-25/h9-11,13,26H,12H2,1-8H3,(H,24,27). The third kappa shape index (κ3) is 6.01. The van der Waals surface area contributed by atoms with Crippen molar-refractivity contribution in [3.8, 4) is 11.5 Å². The van der Waals surface area contributed by atoms with Gasteiger partial charge in [-0.15, -0.1) is 0 Å². The second-order valence-corrected chi connectivity index (χ2v) is 9.43. The highest BCUT2D eigenvalue weighted by molar-refractivity contribution is 6.56. The Bertz CT molecular complexity index is 855. The van der Waals surface area contributed by atoms with Gasteiger partial charge in [0.05, 0.1) is 18.3 Å². The normalized spacial score (nSPS) is 17.9. The predicted molar refractivity (Wildman–Crippen MR) is 118 cm³/mol. The van der Waals surface area contributed by atoms with Crippen LogP contribution in [0.1, 0.15) is 64.4 Å². The topological polar surface area (TPSA) is 103 Å². The van der Waals surface area contributed by atoms with E-state index in [1.807, 2.05) is 27.7 Å². The highest BCUT2D eigenvalue weighted by Crippen LogP contribution is 2.39. The lowest BCUT2D eigenvalue weighted by molar-refractivity contribution is 0.00578. The Morgan fingerprint density at radius 1 is 1.16 bits per heavy atom. The van der Waals surface area contributed by atoms with Crippen LogP contribution in [0.25, 0.3) is 6.08 Å². The zero-order valence-corrected chi connectivity index (χ0v) is 19.5. The molecule has 1 amide bonds. The Kier molecular flexibility index (Phi) is 7.12. The third-order valence-corrected chi connectivity index (χ3v) is 5.24. The van der Waals surface area contributed by atoms with Crippen molar-refractivity contribution in [2.24, 2.45) is 0 Å². The van der Waals surface area contributed by atoms with Crippen LogP contribution in [0, 0.1) is 0 Å². The van der Waals surface area contributed by atoms with E-state index < -0.39 is 30.0 Å². The monoisotopic (exact) mass is 433 g/mol. The van der Waals surface area contributed by atoms with Gasteiger partial charge in [0.2, 0.25) is 0 Å². The van der Waals surface area contributed by atoms with E-state index >= 15 is 0 Å². The van der Waals surface area contributed by atoms with Crippen LogP contribution in [0.2, 0.25) is 0 Å². The lowest BCUT2D eigenvalue weighted by atomic mass is 9.76. The first-order valence-electron chi connectivity index (χ1n) is 10.1. The number of carbonyl (C=O) groups excluding carboxylic acids is 2. The molecule has 1 heterocycles. The highest BCUT2D eigenvalue weighted by atomic mass is 16.7. The summed E-state index contributed by atoms with van der Waals surface area (Å²) in [5.41, 5.74) is -0.524. The number of rotatable bonds is 6. The van der Waals surface area contributed by atoms with Crippen LogP contribution in [0.15, 0.2) is 17.6 Å². The van der Waals surface area contributed by atoms with Crippen molar-refractivity contribution < 1.29 is 33.5 Å². The van der Waals surface area contributed by atoms with Gasteiger partial charge in [-0.2, -0.15) is 0 Å². The number of methoxy groups -OCH3 is 1. The summed E-state index contributed by atoms with van der Waals surface area (Å²) >= 11 is 0. The number of ether oxygens (including phenoxy) is 2. The summed E-state index contributed by atoms with van der Waals surface area (Å²) in [5.74, 6) is 0.0658. The summed E-state index contributed by atoms with van der Waals surface area (Å²) in [6, 6.07) is 2.86. The van der Waals surface area contributed by atoms with Gasteiger partial charge >= 0.3 is 13.2 Å². The first kappa shape index (κ1) is 24.8. The molecule has 0 unspecified atom stereocenters. The number of aromatic hydroxyl groups is 1. The lowest BCUT2D eigenvalue weighted by Gasteiger charge is -2.32. The van der Waals surface area contributed by atoms with E-state index in [0.29, 0.717) is 17.3 Å². The Balaban J connectivity index is 2.43. The molecule has 1 aromatic rings. The Morgan fingerprint density at radius 3 is 2.23 bits per heavy atom. The van der Waals surface area contributed by atoms with Crippen molar-refractivity contribution in [2.75, 3.05) is 13.7 Å². The highest BCUT2D eigenvalue weighted by Gasteiger charge is 2.52. The zero-order valence-electron chi connectivity index (χ0n) is 19.5. The van der Waals surface area contributed by atoms with Crippen molar-refractivity contribution >= 4 is 25.6 Å². The molecule has 8 nitrogen and oxygen atoms in total. The fraction of sp³-hybridized carbons (Fsp3) is 0.545. The number of amides is 1. The number of aldehydes is 1. The second-order valence-electron chi connectivity index (χ2n) is 9.43. The molecule has 31 heavy (non-hydrogen) atoms. The number of alkyl carbamates (subject to hydrolysis) is 1. The summed E-state index contributed by atoms with van der Waals surface area (Å²) in [5, 5.41) is 12.7. The van der Waals surface area contributed by atoms with Gasteiger partial charge in [0.15, 0.2) is 17.8 Å². The van der Waals surface area contributed by atoms with E-state index in [-0.39, 0.29) is 23.6 Å². The second kappa shape index (κ2) is 8.92. The molecular formula is C22H32BNO7. The molecule has 0 bridgehead atoms. The minimum Gasteiger partial charge on any atom is -0.504 e. The van der Waals surface area contributed by atoms with Gasteiger partial charge < -0.3 is 29.2 Å². The van der Waals surface area contributed by atoms with Crippen molar-refractivity contribution in [2.45, 2.75) is 65.3 Å². The largest absolute Gasteiger partial charge is 0.504 e. The molecule has 2 N–H and O–H groups in total. The summed E-state index contributed by atoms with van der Waals surface area (Å²) < 4.78 is 22.7. The van der Waals surface area contributed by atoms with E-state index in [1.165, 1.54) is 19.2 Å². The van der Waals surface area contributed by atoms with Crippen LogP contribution in [0.5, 0.6) is 11.5 Å². The number of hydrogen-bond acceptors (Lipinski definition) is 7. The average molecular weight is 433 g/mol.